The van der Waals surface area contributed by atoms with Gasteiger partial charge in [0, 0.05) is 6.54 Å². The van der Waals surface area contributed by atoms with E-state index < -0.39 is 0 Å². The van der Waals surface area contributed by atoms with Gasteiger partial charge in [-0.15, -0.1) is 0 Å². The molecule has 1 heterocycles. The minimum Gasteiger partial charge on any atom is -0.350 e. The highest BCUT2D eigenvalue weighted by molar-refractivity contribution is 6.33. The molecule has 0 aliphatic heterocycles. The van der Waals surface area contributed by atoms with Crippen molar-refractivity contribution in [2.45, 2.75) is 26.3 Å². The Bertz CT molecular complexity index is 1010. The lowest BCUT2D eigenvalue weighted by molar-refractivity contribution is 0.0941. The first-order chi connectivity index (χ1) is 14.3. The van der Waals surface area contributed by atoms with Crippen LogP contribution in [0.25, 0.3) is 5.69 Å². The monoisotopic (exact) mass is 428 g/mol. The number of nitrogens with zero attached hydrogens (tertiary/aromatic N) is 3. The zero-order chi connectivity index (χ0) is 21.8. The second-order valence-electron chi connectivity index (χ2n) is 7.42. The largest absolute Gasteiger partial charge is 0.350 e. The van der Waals surface area contributed by atoms with E-state index in [1.54, 1.807) is 19.1 Å². The zero-order valence-electron chi connectivity index (χ0n) is 17.6. The lowest BCUT2D eigenvalue weighted by Crippen LogP contribution is -2.34. The highest BCUT2D eigenvalue weighted by Gasteiger charge is 2.23. The first-order valence-corrected chi connectivity index (χ1v) is 10.2. The summed E-state index contributed by atoms with van der Waals surface area (Å²) in [7, 11) is 3.96. The van der Waals surface area contributed by atoms with Crippen molar-refractivity contribution in [3.8, 4) is 5.69 Å². The molecule has 3 aromatic rings. The number of nitrogens with one attached hydrogen (secondary N) is 1. The maximum Gasteiger partial charge on any atom is 0.256 e. The van der Waals surface area contributed by atoms with Gasteiger partial charge in [0.2, 0.25) is 0 Å². The molecule has 0 fully saturated rings. The molecule has 2 aromatic carbocycles. The van der Waals surface area contributed by atoms with Gasteiger partial charge in [0.15, 0.2) is 0 Å². The van der Waals surface area contributed by atoms with E-state index in [9.17, 15) is 9.18 Å². The van der Waals surface area contributed by atoms with Crippen LogP contribution in [0.3, 0.4) is 0 Å². The van der Waals surface area contributed by atoms with Crippen LogP contribution in [-0.2, 0) is 6.42 Å². The van der Waals surface area contributed by atoms with Crippen LogP contribution in [-0.4, -0.2) is 41.2 Å². The summed E-state index contributed by atoms with van der Waals surface area (Å²) < 4.78 is 14.7. The van der Waals surface area contributed by atoms with Crippen LogP contribution in [0.1, 0.15) is 40.1 Å². The quantitative estimate of drug-likeness (QED) is 0.599. The third-order valence-electron chi connectivity index (χ3n) is 5.15. The predicted octanol–water partition coefficient (Wildman–Crippen LogP) is 4.57. The van der Waals surface area contributed by atoms with E-state index in [1.807, 2.05) is 14.1 Å². The second kappa shape index (κ2) is 9.41. The average Bonchev–Trinajstić information content (AvgIpc) is 3.03. The Morgan fingerprint density at radius 1 is 1.17 bits per heavy atom. The van der Waals surface area contributed by atoms with Gasteiger partial charge in [-0.1, -0.05) is 42.8 Å². The van der Waals surface area contributed by atoms with Gasteiger partial charge in [-0.25, -0.2) is 9.07 Å². The standard InChI is InChI=1S/C23H26ClFN4O/c1-5-16-6-8-17(9-7-16)20(28(3)4)14-26-23(30)21-15(2)27-29(22(21)24)19-12-10-18(25)11-13-19/h6-13,20H,5,14H2,1-4H3,(H,26,30)/t20-/m0/s1. The molecule has 158 valence electrons. The van der Waals surface area contributed by atoms with Gasteiger partial charge < -0.3 is 10.2 Å². The summed E-state index contributed by atoms with van der Waals surface area (Å²) in [5, 5.41) is 7.55. The lowest BCUT2D eigenvalue weighted by atomic mass is 10.0. The summed E-state index contributed by atoms with van der Waals surface area (Å²) in [5.41, 5.74) is 3.82. The fourth-order valence-electron chi connectivity index (χ4n) is 3.36. The second-order valence-corrected chi connectivity index (χ2v) is 7.78. The Morgan fingerprint density at radius 3 is 2.37 bits per heavy atom. The number of hydrogen-bond acceptors (Lipinski definition) is 3. The Morgan fingerprint density at radius 2 is 1.80 bits per heavy atom. The molecule has 0 spiro atoms. The van der Waals surface area contributed by atoms with Gasteiger partial charge in [0.05, 0.1) is 23.0 Å². The van der Waals surface area contributed by atoms with Gasteiger partial charge >= 0.3 is 0 Å². The molecule has 0 aliphatic rings. The molecule has 0 saturated carbocycles. The summed E-state index contributed by atoms with van der Waals surface area (Å²) in [6.07, 6.45) is 0.986. The van der Waals surface area contributed by atoms with Crippen molar-refractivity contribution in [3.63, 3.8) is 0 Å². The van der Waals surface area contributed by atoms with Crippen molar-refractivity contribution in [1.29, 1.82) is 0 Å². The Balaban J connectivity index is 1.78. The number of aromatic nitrogens is 2. The van der Waals surface area contributed by atoms with Crippen LogP contribution >= 0.6 is 11.6 Å². The van der Waals surface area contributed by atoms with E-state index in [4.69, 9.17) is 11.6 Å². The van der Waals surface area contributed by atoms with Crippen molar-refractivity contribution in [1.82, 2.24) is 20.0 Å². The van der Waals surface area contributed by atoms with E-state index in [2.05, 4.69) is 46.5 Å². The molecule has 1 amide bonds. The molecule has 1 atom stereocenters. The van der Waals surface area contributed by atoms with E-state index in [0.29, 0.717) is 23.5 Å². The summed E-state index contributed by atoms with van der Waals surface area (Å²) >= 11 is 6.46. The zero-order valence-corrected chi connectivity index (χ0v) is 18.4. The van der Waals surface area contributed by atoms with Crippen molar-refractivity contribution in [3.05, 3.63) is 81.9 Å². The maximum absolute atomic E-state index is 13.2. The molecule has 5 nitrogen and oxygen atoms in total. The summed E-state index contributed by atoms with van der Waals surface area (Å²) in [6, 6.07) is 14.2. The number of amides is 1. The van der Waals surface area contributed by atoms with Crippen molar-refractivity contribution < 1.29 is 9.18 Å². The van der Waals surface area contributed by atoms with E-state index >= 15 is 0 Å². The first kappa shape index (κ1) is 22.0. The molecule has 0 radical (unpaired) electrons. The minimum atomic E-state index is -0.349. The number of halogens is 2. The summed E-state index contributed by atoms with van der Waals surface area (Å²) in [4.78, 5) is 15.0. The summed E-state index contributed by atoms with van der Waals surface area (Å²) in [5.74, 6) is -0.638. The predicted molar refractivity (Wildman–Crippen MR) is 118 cm³/mol. The normalized spacial score (nSPS) is 12.2. The number of carbonyl (C=O) groups excluding carboxylic acids is 1. The maximum atomic E-state index is 13.2. The van der Waals surface area contributed by atoms with Crippen LogP contribution in [0.2, 0.25) is 5.15 Å². The van der Waals surface area contributed by atoms with Crippen molar-refractivity contribution in [2.24, 2.45) is 0 Å². The summed E-state index contributed by atoms with van der Waals surface area (Å²) in [6.45, 7) is 4.28. The third-order valence-corrected chi connectivity index (χ3v) is 5.50. The van der Waals surface area contributed by atoms with Gasteiger partial charge in [0.25, 0.3) is 5.91 Å². The number of likely N-dealkylation sites (N-methyl/N-ethyl adjacent to an activating group) is 1. The fourth-order valence-corrected chi connectivity index (χ4v) is 3.72. The van der Waals surface area contributed by atoms with Gasteiger partial charge in [-0.05, 0) is 62.8 Å². The molecule has 30 heavy (non-hydrogen) atoms. The van der Waals surface area contributed by atoms with E-state index in [1.165, 1.54) is 22.4 Å². The van der Waals surface area contributed by atoms with Crippen LogP contribution in [0.4, 0.5) is 4.39 Å². The van der Waals surface area contributed by atoms with E-state index in [-0.39, 0.29) is 22.9 Å². The van der Waals surface area contributed by atoms with Gasteiger partial charge in [-0.2, -0.15) is 5.10 Å². The van der Waals surface area contributed by atoms with Gasteiger partial charge in [-0.3, -0.25) is 4.79 Å². The average molecular weight is 429 g/mol. The lowest BCUT2D eigenvalue weighted by Gasteiger charge is -2.25. The Kier molecular flexibility index (Phi) is 6.90. The molecular formula is C23H26ClFN4O. The fraction of sp³-hybridized carbons (Fsp3) is 0.304. The Labute approximate surface area is 181 Å². The topological polar surface area (TPSA) is 50.2 Å². The molecular weight excluding hydrogens is 403 g/mol. The highest BCUT2D eigenvalue weighted by atomic mass is 35.5. The number of benzene rings is 2. The van der Waals surface area contributed by atoms with Crippen LogP contribution in [0.5, 0.6) is 0 Å². The van der Waals surface area contributed by atoms with Gasteiger partial charge in [0.1, 0.15) is 11.0 Å². The molecule has 0 bridgehead atoms. The minimum absolute atomic E-state index is 0.0195. The number of rotatable bonds is 7. The molecule has 3 rings (SSSR count). The van der Waals surface area contributed by atoms with E-state index in [0.717, 1.165) is 12.0 Å². The molecule has 1 N–H and O–H groups in total. The molecule has 0 aliphatic carbocycles. The molecule has 7 heteroatoms. The van der Waals surface area contributed by atoms with Crippen molar-refractivity contribution in [2.75, 3.05) is 20.6 Å². The Hall–Kier alpha value is -2.70. The smallest absolute Gasteiger partial charge is 0.256 e. The molecule has 0 saturated heterocycles. The van der Waals surface area contributed by atoms with Crippen LogP contribution in [0.15, 0.2) is 48.5 Å². The number of hydrogen-bond donors (Lipinski definition) is 1. The van der Waals surface area contributed by atoms with Crippen LogP contribution < -0.4 is 5.32 Å². The molecule has 0 unspecified atom stereocenters. The van der Waals surface area contributed by atoms with Crippen molar-refractivity contribution >= 4 is 17.5 Å². The SMILES string of the molecule is CCc1ccc([C@H](CNC(=O)c2c(C)nn(-c3ccc(F)cc3)c2Cl)N(C)C)cc1. The van der Waals surface area contributed by atoms with Crippen LogP contribution in [0, 0.1) is 12.7 Å². The molecule has 1 aromatic heterocycles. The first-order valence-electron chi connectivity index (χ1n) is 9.86. The number of carbonyl (C=O) groups is 1. The number of aryl methyl sites for hydroxylation is 2. The highest BCUT2D eigenvalue weighted by Crippen LogP contribution is 2.24. The third kappa shape index (κ3) is 4.71.